The van der Waals surface area contributed by atoms with Crippen LogP contribution >= 0.6 is 22.6 Å². The van der Waals surface area contributed by atoms with Crippen LogP contribution in [0.2, 0.25) is 0 Å². The fourth-order valence-corrected chi connectivity index (χ4v) is 3.30. The number of urea groups is 1. The van der Waals surface area contributed by atoms with Crippen molar-refractivity contribution in [1.82, 2.24) is 9.80 Å². The van der Waals surface area contributed by atoms with Crippen LogP contribution in [0.15, 0.2) is 54.6 Å². The molecule has 3 rings (SSSR count). The van der Waals surface area contributed by atoms with Crippen LogP contribution in [0.25, 0.3) is 0 Å². The molecule has 27 heavy (non-hydrogen) atoms. The summed E-state index contributed by atoms with van der Waals surface area (Å²) in [5.74, 6) is -2.48. The lowest BCUT2D eigenvalue weighted by Crippen LogP contribution is -2.39. The minimum absolute atomic E-state index is 0.521. The van der Waals surface area contributed by atoms with Crippen molar-refractivity contribution in [3.63, 3.8) is 0 Å². The van der Waals surface area contributed by atoms with E-state index in [1.807, 2.05) is 18.2 Å². The molecule has 138 valence electrons. The second-order valence-electron chi connectivity index (χ2n) is 5.96. The molecule has 1 unspecified atom stereocenters. The summed E-state index contributed by atoms with van der Waals surface area (Å²) in [5, 5.41) is 2.65. The molecular weight excluding hydrogens is 461 g/mol. The molecule has 1 fully saturated rings. The van der Waals surface area contributed by atoms with Gasteiger partial charge in [-0.2, -0.15) is 0 Å². The summed E-state index contributed by atoms with van der Waals surface area (Å²) in [6.45, 7) is 1.14. The number of carbonyl (C=O) groups excluding carboxylic acids is 4. The first-order chi connectivity index (χ1) is 12.9. The number of nitrogens with zero attached hydrogens (tertiary/aromatic N) is 2. The fraction of sp³-hybridized carbons (Fsp3) is 0.158. The zero-order chi connectivity index (χ0) is 19.6. The van der Waals surface area contributed by atoms with Gasteiger partial charge in [-0.05, 0) is 47.2 Å². The number of hydrogen-bond acceptors (Lipinski definition) is 4. The monoisotopic (exact) mass is 477 g/mol. The molecule has 2 aromatic rings. The third kappa shape index (κ3) is 3.85. The van der Waals surface area contributed by atoms with Crippen LogP contribution in [0, 0.1) is 3.57 Å². The molecule has 5 amide bonds. The molecule has 0 spiro atoms. The highest BCUT2D eigenvalue weighted by Gasteiger charge is 2.47. The molecule has 1 atom stereocenters. The highest BCUT2D eigenvalue weighted by Crippen LogP contribution is 2.26. The molecule has 0 aromatic heterocycles. The van der Waals surface area contributed by atoms with Gasteiger partial charge in [-0.3, -0.25) is 14.4 Å². The number of hydrogen-bond donors (Lipinski definition) is 1. The highest BCUT2D eigenvalue weighted by atomic mass is 127. The Balaban J connectivity index is 1.74. The molecule has 1 saturated heterocycles. The molecular formula is C19H16IN3O4. The van der Waals surface area contributed by atoms with Crippen molar-refractivity contribution in [2.45, 2.75) is 13.0 Å². The second-order valence-corrected chi connectivity index (χ2v) is 7.13. The van der Waals surface area contributed by atoms with E-state index in [2.05, 4.69) is 27.9 Å². The zero-order valence-electron chi connectivity index (χ0n) is 14.4. The van der Waals surface area contributed by atoms with E-state index in [4.69, 9.17) is 0 Å². The molecule has 7 nitrogen and oxygen atoms in total. The molecule has 1 N–H and O–H groups in total. The Bertz CT molecular complexity index is 916. The van der Waals surface area contributed by atoms with E-state index < -0.39 is 36.3 Å². The molecule has 1 aliphatic rings. The molecule has 0 saturated carbocycles. The van der Waals surface area contributed by atoms with Gasteiger partial charge < -0.3 is 5.32 Å². The van der Waals surface area contributed by atoms with Crippen molar-refractivity contribution in [1.29, 1.82) is 0 Å². The zero-order valence-corrected chi connectivity index (χ0v) is 16.5. The van der Waals surface area contributed by atoms with E-state index in [0.717, 1.165) is 14.0 Å². The fourth-order valence-electron chi connectivity index (χ4n) is 2.78. The molecule has 0 radical (unpaired) electrons. The summed E-state index contributed by atoms with van der Waals surface area (Å²) in [5.41, 5.74) is 1.29. The van der Waals surface area contributed by atoms with Gasteiger partial charge in [-0.1, -0.05) is 42.5 Å². The minimum atomic E-state index is -0.999. The number of imide groups is 2. The second kappa shape index (κ2) is 7.87. The summed E-state index contributed by atoms with van der Waals surface area (Å²) in [6, 6.07) is 14.6. The average molecular weight is 477 g/mol. The summed E-state index contributed by atoms with van der Waals surface area (Å²) >= 11 is 2.06. The first-order valence-electron chi connectivity index (χ1n) is 8.18. The number of carbonyl (C=O) groups is 4. The van der Waals surface area contributed by atoms with Crippen molar-refractivity contribution in [2.75, 3.05) is 11.9 Å². The lowest BCUT2D eigenvalue weighted by Gasteiger charge is -2.22. The Morgan fingerprint density at radius 3 is 2.30 bits per heavy atom. The third-order valence-electron chi connectivity index (χ3n) is 4.20. The van der Waals surface area contributed by atoms with E-state index in [-0.39, 0.29) is 0 Å². The Hall–Kier alpha value is -2.75. The van der Waals surface area contributed by atoms with Crippen molar-refractivity contribution in [3.05, 3.63) is 63.7 Å². The van der Waals surface area contributed by atoms with Gasteiger partial charge in [0.2, 0.25) is 5.91 Å². The van der Waals surface area contributed by atoms with Gasteiger partial charge in [0.1, 0.15) is 6.54 Å². The number of rotatable bonds is 5. The SMILES string of the molecule is CC(c1ccccc1)N1C(=O)C(=O)N(CC(=O)Nc2ccccc2I)C1=O. The Morgan fingerprint density at radius 2 is 1.63 bits per heavy atom. The maximum atomic E-state index is 12.6. The quantitative estimate of drug-likeness (QED) is 0.408. The molecule has 0 aliphatic carbocycles. The number of anilines is 1. The average Bonchev–Trinajstić information content (AvgIpc) is 2.87. The van der Waals surface area contributed by atoms with Crippen molar-refractivity contribution >= 4 is 52.0 Å². The smallest absolute Gasteiger partial charge is 0.324 e. The van der Waals surface area contributed by atoms with E-state index in [0.29, 0.717) is 10.6 Å². The Morgan fingerprint density at radius 1 is 1.00 bits per heavy atom. The largest absolute Gasteiger partial charge is 0.335 e. The lowest BCUT2D eigenvalue weighted by molar-refractivity contribution is -0.144. The molecule has 1 heterocycles. The van der Waals surface area contributed by atoms with Gasteiger partial charge in [-0.15, -0.1) is 0 Å². The van der Waals surface area contributed by atoms with E-state index >= 15 is 0 Å². The predicted molar refractivity (Wildman–Crippen MR) is 107 cm³/mol. The van der Waals surface area contributed by atoms with Gasteiger partial charge in [-0.25, -0.2) is 14.6 Å². The number of benzene rings is 2. The number of amides is 5. The van der Waals surface area contributed by atoms with Crippen LogP contribution in [0.4, 0.5) is 10.5 Å². The minimum Gasteiger partial charge on any atom is -0.324 e. The lowest BCUT2D eigenvalue weighted by atomic mass is 10.1. The van der Waals surface area contributed by atoms with Crippen molar-refractivity contribution in [2.24, 2.45) is 0 Å². The van der Waals surface area contributed by atoms with Crippen molar-refractivity contribution in [3.8, 4) is 0 Å². The van der Waals surface area contributed by atoms with E-state index in [1.165, 1.54) is 0 Å². The molecule has 1 aliphatic heterocycles. The highest BCUT2D eigenvalue weighted by molar-refractivity contribution is 14.1. The molecule has 8 heteroatoms. The maximum absolute atomic E-state index is 12.6. The van der Waals surface area contributed by atoms with Gasteiger partial charge in [0.15, 0.2) is 0 Å². The van der Waals surface area contributed by atoms with Crippen LogP contribution in [0.5, 0.6) is 0 Å². The molecule has 2 aromatic carbocycles. The van der Waals surface area contributed by atoms with E-state index in [1.54, 1.807) is 43.3 Å². The van der Waals surface area contributed by atoms with Crippen molar-refractivity contribution < 1.29 is 19.2 Å². The Labute approximate surface area is 169 Å². The standard InChI is InChI=1S/C19H16IN3O4/c1-12(13-7-3-2-4-8-13)23-18(26)17(25)22(19(23)27)11-16(24)21-15-10-6-5-9-14(15)20/h2-10,12H,11H2,1H3,(H,21,24). The first-order valence-corrected chi connectivity index (χ1v) is 9.26. The van der Waals surface area contributed by atoms with Crippen LogP contribution in [0.1, 0.15) is 18.5 Å². The van der Waals surface area contributed by atoms with Crippen LogP contribution in [-0.2, 0) is 14.4 Å². The maximum Gasteiger partial charge on any atom is 0.335 e. The summed E-state index contributed by atoms with van der Waals surface area (Å²) < 4.78 is 0.818. The van der Waals surface area contributed by atoms with Crippen LogP contribution < -0.4 is 5.32 Å². The number of nitrogens with one attached hydrogen (secondary N) is 1. The summed E-state index contributed by atoms with van der Waals surface area (Å²) in [7, 11) is 0. The van der Waals surface area contributed by atoms with Crippen LogP contribution in [0.3, 0.4) is 0 Å². The summed E-state index contributed by atoms with van der Waals surface area (Å²) in [4.78, 5) is 51.0. The van der Waals surface area contributed by atoms with Gasteiger partial charge in [0.05, 0.1) is 11.7 Å². The Kier molecular flexibility index (Phi) is 5.54. The van der Waals surface area contributed by atoms with Gasteiger partial charge in [0.25, 0.3) is 0 Å². The number of halogens is 1. The van der Waals surface area contributed by atoms with Gasteiger partial charge in [0, 0.05) is 3.57 Å². The summed E-state index contributed by atoms with van der Waals surface area (Å²) in [6.07, 6.45) is 0. The van der Waals surface area contributed by atoms with E-state index in [9.17, 15) is 19.2 Å². The normalized spacial score (nSPS) is 15.3. The topological polar surface area (TPSA) is 86.8 Å². The predicted octanol–water partition coefficient (Wildman–Crippen LogP) is 2.78. The van der Waals surface area contributed by atoms with Crippen LogP contribution in [-0.4, -0.2) is 40.1 Å². The number of para-hydroxylation sites is 1. The van der Waals surface area contributed by atoms with Gasteiger partial charge >= 0.3 is 17.8 Å². The third-order valence-corrected chi connectivity index (χ3v) is 5.14. The first kappa shape index (κ1) is 19.0. The molecule has 0 bridgehead atoms.